The summed E-state index contributed by atoms with van der Waals surface area (Å²) in [6.07, 6.45) is 1.20. The molecule has 0 radical (unpaired) electrons. The molecule has 0 spiro atoms. The SMILES string of the molecule is CCSC(C[P+](c1ccccc1)(c1ccccc1)c1ccccc1)SCC. The molecule has 0 saturated heterocycles. The molecule has 0 amide bonds. The van der Waals surface area contributed by atoms with Gasteiger partial charge in [-0.2, -0.15) is 0 Å². The molecule has 3 aromatic rings. The van der Waals surface area contributed by atoms with Crippen LogP contribution in [-0.2, 0) is 0 Å². The summed E-state index contributed by atoms with van der Waals surface area (Å²) >= 11 is 4.21. The van der Waals surface area contributed by atoms with Gasteiger partial charge in [0.05, 0.1) is 10.7 Å². The zero-order chi connectivity index (χ0) is 19.0. The molecule has 27 heavy (non-hydrogen) atoms. The molecule has 0 aliphatic carbocycles. The van der Waals surface area contributed by atoms with Crippen molar-refractivity contribution in [3.63, 3.8) is 0 Å². The van der Waals surface area contributed by atoms with Crippen molar-refractivity contribution in [2.45, 2.75) is 18.4 Å². The van der Waals surface area contributed by atoms with Crippen molar-refractivity contribution in [2.24, 2.45) is 0 Å². The molecule has 0 bridgehead atoms. The van der Waals surface area contributed by atoms with E-state index in [1.54, 1.807) is 0 Å². The predicted octanol–water partition coefficient (Wildman–Crippen LogP) is 5.81. The molecule has 0 aromatic heterocycles. The summed E-state index contributed by atoms with van der Waals surface area (Å²) in [7, 11) is -1.71. The topological polar surface area (TPSA) is 0 Å². The van der Waals surface area contributed by atoms with Gasteiger partial charge in [-0.05, 0) is 47.9 Å². The van der Waals surface area contributed by atoms with E-state index in [9.17, 15) is 0 Å². The maximum absolute atomic E-state index is 2.35. The van der Waals surface area contributed by atoms with Gasteiger partial charge in [-0.3, -0.25) is 0 Å². The molecule has 0 saturated carbocycles. The highest BCUT2D eigenvalue weighted by Gasteiger charge is 2.47. The van der Waals surface area contributed by atoms with E-state index in [-0.39, 0.29) is 0 Å². The minimum absolute atomic E-state index is 0.606. The predicted molar refractivity (Wildman–Crippen MR) is 130 cm³/mol. The molecule has 0 nitrogen and oxygen atoms in total. The van der Waals surface area contributed by atoms with Gasteiger partial charge >= 0.3 is 0 Å². The monoisotopic (exact) mass is 411 g/mol. The minimum Gasteiger partial charge on any atom is -0.144 e. The molecule has 3 heteroatoms. The molecule has 3 aromatic carbocycles. The molecule has 0 atom stereocenters. The Morgan fingerprint density at radius 3 is 1.22 bits per heavy atom. The highest BCUT2D eigenvalue weighted by atomic mass is 32.2. The lowest BCUT2D eigenvalue weighted by Gasteiger charge is -2.30. The second-order valence-corrected chi connectivity index (χ2v) is 13.1. The molecule has 0 N–H and O–H groups in total. The maximum Gasteiger partial charge on any atom is 0.114 e. The van der Waals surface area contributed by atoms with Crippen LogP contribution < -0.4 is 15.9 Å². The maximum atomic E-state index is 2.35. The van der Waals surface area contributed by atoms with E-state index in [2.05, 4.69) is 128 Å². The smallest absolute Gasteiger partial charge is 0.114 e. The number of hydrogen-bond donors (Lipinski definition) is 0. The van der Waals surface area contributed by atoms with Gasteiger partial charge in [0.25, 0.3) is 0 Å². The number of hydrogen-bond acceptors (Lipinski definition) is 2. The molecule has 0 heterocycles. The van der Waals surface area contributed by atoms with Gasteiger partial charge in [0.2, 0.25) is 0 Å². The number of thioether (sulfide) groups is 2. The van der Waals surface area contributed by atoms with Gasteiger partial charge in [0.1, 0.15) is 23.2 Å². The van der Waals surface area contributed by atoms with E-state index in [0.29, 0.717) is 4.58 Å². The van der Waals surface area contributed by atoms with Crippen LogP contribution in [0.5, 0.6) is 0 Å². The van der Waals surface area contributed by atoms with E-state index in [1.807, 2.05) is 0 Å². The fourth-order valence-electron chi connectivity index (χ4n) is 3.56. The van der Waals surface area contributed by atoms with Gasteiger partial charge in [0.15, 0.2) is 0 Å². The summed E-state index contributed by atoms with van der Waals surface area (Å²) in [4.78, 5) is 0. The first-order valence-corrected chi connectivity index (χ1v) is 13.7. The fraction of sp³-hybridized carbons (Fsp3) is 0.250. The standard InChI is InChI=1S/C24H28PS2/c1-3-26-24(27-4-2)20-25(21-14-8-5-9-15-21,22-16-10-6-11-17-22)23-18-12-7-13-19-23/h5-19,24H,3-4,20H2,1-2H3/q+1. The largest absolute Gasteiger partial charge is 0.144 e. The van der Waals surface area contributed by atoms with Crippen LogP contribution in [0.2, 0.25) is 0 Å². The Morgan fingerprint density at radius 1 is 0.593 bits per heavy atom. The second-order valence-electron chi connectivity index (χ2n) is 6.34. The van der Waals surface area contributed by atoms with Gasteiger partial charge in [0, 0.05) is 0 Å². The van der Waals surface area contributed by atoms with Crippen molar-refractivity contribution in [1.82, 2.24) is 0 Å². The summed E-state index contributed by atoms with van der Waals surface area (Å²) in [5.74, 6) is 2.33. The third-order valence-electron chi connectivity index (χ3n) is 4.72. The van der Waals surface area contributed by atoms with Crippen LogP contribution in [0.25, 0.3) is 0 Å². The fourth-order valence-corrected chi connectivity index (χ4v) is 11.7. The molecule has 0 aliphatic heterocycles. The Kier molecular flexibility index (Phi) is 7.88. The van der Waals surface area contributed by atoms with Gasteiger partial charge in [-0.1, -0.05) is 68.4 Å². The Bertz CT molecular complexity index is 688. The zero-order valence-electron chi connectivity index (χ0n) is 16.1. The van der Waals surface area contributed by atoms with Crippen LogP contribution in [0.1, 0.15) is 13.8 Å². The third kappa shape index (κ3) is 4.80. The van der Waals surface area contributed by atoms with Crippen molar-refractivity contribution < 1.29 is 0 Å². The first kappa shape index (κ1) is 20.5. The normalized spacial score (nSPS) is 11.7. The molecule has 0 aliphatic rings. The first-order valence-electron chi connectivity index (χ1n) is 9.59. The summed E-state index contributed by atoms with van der Waals surface area (Å²) < 4.78 is 0.606. The Labute approximate surface area is 173 Å². The van der Waals surface area contributed by atoms with E-state index in [4.69, 9.17) is 0 Å². The lowest BCUT2D eigenvalue weighted by Crippen LogP contribution is -2.35. The second kappa shape index (κ2) is 10.4. The quantitative estimate of drug-likeness (QED) is 0.322. The average molecular weight is 412 g/mol. The van der Waals surface area contributed by atoms with E-state index >= 15 is 0 Å². The van der Waals surface area contributed by atoms with E-state index < -0.39 is 7.26 Å². The lowest BCUT2D eigenvalue weighted by atomic mass is 10.4. The highest BCUT2D eigenvalue weighted by molar-refractivity contribution is 8.17. The molecule has 140 valence electrons. The van der Waals surface area contributed by atoms with E-state index in [1.165, 1.54) is 22.1 Å². The minimum atomic E-state index is -1.71. The third-order valence-corrected chi connectivity index (χ3v) is 12.2. The Balaban J connectivity index is 2.22. The molecule has 3 rings (SSSR count). The molecular weight excluding hydrogens is 383 g/mol. The van der Waals surface area contributed by atoms with Crippen molar-refractivity contribution in [2.75, 3.05) is 17.7 Å². The number of rotatable bonds is 9. The zero-order valence-corrected chi connectivity index (χ0v) is 18.7. The van der Waals surface area contributed by atoms with Crippen molar-refractivity contribution in [3.8, 4) is 0 Å². The highest BCUT2D eigenvalue weighted by Crippen LogP contribution is 2.57. The van der Waals surface area contributed by atoms with Crippen LogP contribution in [0, 0.1) is 0 Å². The van der Waals surface area contributed by atoms with Crippen LogP contribution in [-0.4, -0.2) is 22.2 Å². The molecular formula is C24H28PS2+. The van der Waals surface area contributed by atoms with Gasteiger partial charge in [-0.15, -0.1) is 23.5 Å². The summed E-state index contributed by atoms with van der Waals surface area (Å²) in [6, 6.07) is 33.7. The van der Waals surface area contributed by atoms with Crippen LogP contribution in [0.4, 0.5) is 0 Å². The Hall–Kier alpha value is -1.21. The first-order chi connectivity index (χ1) is 13.3. The van der Waals surface area contributed by atoms with Crippen molar-refractivity contribution in [1.29, 1.82) is 0 Å². The van der Waals surface area contributed by atoms with Crippen LogP contribution >= 0.6 is 30.8 Å². The van der Waals surface area contributed by atoms with Gasteiger partial charge in [-0.25, -0.2) is 0 Å². The van der Waals surface area contributed by atoms with Crippen LogP contribution in [0.15, 0.2) is 91.0 Å². The summed E-state index contributed by atoms with van der Waals surface area (Å²) in [5.41, 5.74) is 0. The summed E-state index contributed by atoms with van der Waals surface area (Å²) in [5, 5.41) is 4.46. The molecule has 0 fully saturated rings. The average Bonchev–Trinajstić information content (AvgIpc) is 2.74. The molecule has 0 unspecified atom stereocenters. The lowest BCUT2D eigenvalue weighted by molar-refractivity contribution is 1.37. The van der Waals surface area contributed by atoms with Crippen molar-refractivity contribution >= 4 is 46.7 Å². The number of benzene rings is 3. The van der Waals surface area contributed by atoms with Crippen molar-refractivity contribution in [3.05, 3.63) is 91.0 Å². The summed E-state index contributed by atoms with van der Waals surface area (Å²) in [6.45, 7) is 4.56. The van der Waals surface area contributed by atoms with E-state index in [0.717, 1.165) is 11.5 Å². The Morgan fingerprint density at radius 2 is 0.926 bits per heavy atom. The van der Waals surface area contributed by atoms with Gasteiger partial charge < -0.3 is 0 Å². The van der Waals surface area contributed by atoms with Crippen LogP contribution in [0.3, 0.4) is 0 Å².